The summed E-state index contributed by atoms with van der Waals surface area (Å²) in [6, 6.07) is 5.02. The average Bonchev–Trinajstić information content (AvgIpc) is 2.57. The first kappa shape index (κ1) is 18.6. The number of aromatic nitrogens is 1. The number of pyridine rings is 1. The molecule has 9 nitrogen and oxygen atoms in total. The number of aromatic hydroxyl groups is 1. The number of carboxylic acid groups (broad SMARTS) is 1. The fourth-order valence-electron chi connectivity index (χ4n) is 2.56. The molecule has 2 N–H and O–H groups in total. The fourth-order valence-corrected chi connectivity index (χ4v) is 2.56. The quantitative estimate of drug-likeness (QED) is 0.634. The number of benzene rings is 1. The van der Waals surface area contributed by atoms with Crippen molar-refractivity contribution in [3.63, 3.8) is 0 Å². The Balaban J connectivity index is 0.000000511. The van der Waals surface area contributed by atoms with Crippen molar-refractivity contribution in [2.75, 3.05) is 26.3 Å². The highest BCUT2D eigenvalue weighted by Gasteiger charge is 2.22. The van der Waals surface area contributed by atoms with Gasteiger partial charge in [0.25, 0.3) is 5.97 Å². The summed E-state index contributed by atoms with van der Waals surface area (Å²) in [5.74, 6) is -1.21. The molecule has 134 valence electrons. The highest BCUT2D eigenvalue weighted by molar-refractivity contribution is 5.90. The third kappa shape index (κ3) is 4.85. The Bertz CT molecular complexity index is 770. The van der Waals surface area contributed by atoms with Crippen LogP contribution in [0.5, 0.6) is 5.75 Å². The van der Waals surface area contributed by atoms with Gasteiger partial charge in [-0.1, -0.05) is 6.07 Å². The van der Waals surface area contributed by atoms with Gasteiger partial charge in [0, 0.05) is 44.2 Å². The predicted molar refractivity (Wildman–Crippen MR) is 89.5 cm³/mol. The summed E-state index contributed by atoms with van der Waals surface area (Å²) in [7, 11) is 0. The number of nitro benzene ring substituents is 1. The molecule has 0 aliphatic carbocycles. The van der Waals surface area contributed by atoms with Crippen molar-refractivity contribution in [1.82, 2.24) is 9.88 Å². The van der Waals surface area contributed by atoms with E-state index in [9.17, 15) is 15.2 Å². The highest BCUT2D eigenvalue weighted by atomic mass is 16.6. The van der Waals surface area contributed by atoms with E-state index in [-0.39, 0.29) is 17.0 Å². The Labute approximate surface area is 143 Å². The van der Waals surface area contributed by atoms with E-state index >= 15 is 0 Å². The first-order valence-corrected chi connectivity index (χ1v) is 7.63. The molecule has 0 amide bonds. The SMILES string of the molecule is CC(=O)O.O=[N+]([O-])c1cc(CN2CCOCC2)c2cccnc2c1O. The van der Waals surface area contributed by atoms with E-state index < -0.39 is 10.9 Å². The second kappa shape index (κ2) is 8.36. The van der Waals surface area contributed by atoms with Gasteiger partial charge in [-0.25, -0.2) is 0 Å². The Morgan fingerprint density at radius 1 is 1.44 bits per heavy atom. The Hall–Kier alpha value is -2.78. The van der Waals surface area contributed by atoms with Crippen molar-refractivity contribution in [3.8, 4) is 5.75 Å². The molecule has 2 aromatic rings. The van der Waals surface area contributed by atoms with Crippen molar-refractivity contribution in [1.29, 1.82) is 0 Å². The number of morpholine rings is 1. The lowest BCUT2D eigenvalue weighted by Crippen LogP contribution is -2.35. The number of carboxylic acids is 1. The molecule has 0 saturated carbocycles. The van der Waals surface area contributed by atoms with Crippen LogP contribution in [0.15, 0.2) is 24.4 Å². The van der Waals surface area contributed by atoms with Gasteiger partial charge in [0.15, 0.2) is 0 Å². The first-order valence-electron chi connectivity index (χ1n) is 7.63. The normalized spacial score (nSPS) is 14.6. The average molecular weight is 349 g/mol. The van der Waals surface area contributed by atoms with E-state index in [1.165, 1.54) is 12.3 Å². The van der Waals surface area contributed by atoms with Gasteiger partial charge in [-0.15, -0.1) is 0 Å². The van der Waals surface area contributed by atoms with Crippen LogP contribution in [-0.2, 0) is 16.1 Å². The second-order valence-corrected chi connectivity index (χ2v) is 5.47. The zero-order valence-electron chi connectivity index (χ0n) is 13.7. The maximum absolute atomic E-state index is 11.1. The van der Waals surface area contributed by atoms with E-state index in [2.05, 4.69) is 9.88 Å². The van der Waals surface area contributed by atoms with Crippen LogP contribution in [0.2, 0.25) is 0 Å². The van der Waals surface area contributed by atoms with E-state index in [1.807, 2.05) is 6.07 Å². The van der Waals surface area contributed by atoms with E-state index in [0.717, 1.165) is 31.0 Å². The molecule has 0 radical (unpaired) electrons. The van der Waals surface area contributed by atoms with Crippen molar-refractivity contribution in [3.05, 3.63) is 40.1 Å². The second-order valence-electron chi connectivity index (χ2n) is 5.47. The minimum absolute atomic E-state index is 0.273. The molecule has 0 atom stereocenters. The van der Waals surface area contributed by atoms with Crippen LogP contribution in [0.25, 0.3) is 10.9 Å². The molecule has 1 aliphatic rings. The van der Waals surface area contributed by atoms with Crippen LogP contribution in [0, 0.1) is 10.1 Å². The Kier molecular flexibility index (Phi) is 6.20. The third-order valence-electron chi connectivity index (χ3n) is 3.63. The van der Waals surface area contributed by atoms with Crippen molar-refractivity contribution >= 4 is 22.6 Å². The van der Waals surface area contributed by atoms with Crippen molar-refractivity contribution < 1.29 is 24.7 Å². The van der Waals surface area contributed by atoms with Gasteiger partial charge in [0.1, 0.15) is 5.52 Å². The zero-order valence-corrected chi connectivity index (χ0v) is 13.7. The number of nitro groups is 1. The summed E-state index contributed by atoms with van der Waals surface area (Å²) in [4.78, 5) is 25.8. The van der Waals surface area contributed by atoms with E-state index in [1.54, 1.807) is 6.07 Å². The molecular formula is C16H19N3O6. The standard InChI is InChI=1S/C14H15N3O4.C2H4O2/c18-14-12(17(19)20)8-10(9-16-4-6-21-7-5-16)11-2-1-3-15-13(11)14;1-2(3)4/h1-3,8,18H,4-7,9H2;1H3,(H,3,4). The van der Waals surface area contributed by atoms with Crippen LogP contribution in [0.1, 0.15) is 12.5 Å². The van der Waals surface area contributed by atoms with Gasteiger partial charge < -0.3 is 14.9 Å². The van der Waals surface area contributed by atoms with Crippen LogP contribution in [0.3, 0.4) is 0 Å². The fraction of sp³-hybridized carbons (Fsp3) is 0.375. The maximum Gasteiger partial charge on any atom is 0.313 e. The smallest absolute Gasteiger partial charge is 0.313 e. The van der Waals surface area contributed by atoms with Gasteiger partial charge >= 0.3 is 5.69 Å². The molecular weight excluding hydrogens is 330 g/mol. The summed E-state index contributed by atoms with van der Waals surface area (Å²) in [5.41, 5.74) is 0.768. The maximum atomic E-state index is 11.1. The largest absolute Gasteiger partial charge is 0.501 e. The van der Waals surface area contributed by atoms with Crippen molar-refractivity contribution in [2.24, 2.45) is 0 Å². The summed E-state index contributed by atoms with van der Waals surface area (Å²) >= 11 is 0. The number of hydrogen-bond acceptors (Lipinski definition) is 7. The van der Waals surface area contributed by atoms with Gasteiger partial charge in [-0.05, 0) is 11.6 Å². The summed E-state index contributed by atoms with van der Waals surface area (Å²) in [6.45, 7) is 4.56. The molecule has 0 unspecified atom stereocenters. The predicted octanol–water partition coefficient (Wildman–Crippen LogP) is 1.77. The Morgan fingerprint density at radius 3 is 2.68 bits per heavy atom. The molecule has 3 rings (SSSR count). The minimum atomic E-state index is -0.833. The van der Waals surface area contributed by atoms with Gasteiger partial charge in [0.2, 0.25) is 5.75 Å². The number of fused-ring (bicyclic) bond motifs is 1. The summed E-state index contributed by atoms with van der Waals surface area (Å²) in [6.07, 6.45) is 1.52. The number of phenols is 1. The number of ether oxygens (including phenoxy) is 1. The van der Waals surface area contributed by atoms with Gasteiger partial charge in [-0.3, -0.25) is 24.8 Å². The lowest BCUT2D eigenvalue weighted by molar-refractivity contribution is -0.385. The third-order valence-corrected chi connectivity index (χ3v) is 3.63. The van der Waals surface area contributed by atoms with Crippen LogP contribution >= 0.6 is 0 Å². The molecule has 1 saturated heterocycles. The lowest BCUT2D eigenvalue weighted by atomic mass is 10.1. The van der Waals surface area contributed by atoms with Crippen LogP contribution < -0.4 is 0 Å². The van der Waals surface area contributed by atoms with E-state index in [0.29, 0.717) is 19.8 Å². The topological polar surface area (TPSA) is 126 Å². The number of rotatable bonds is 3. The first-order chi connectivity index (χ1) is 11.9. The zero-order chi connectivity index (χ0) is 18.4. The number of aliphatic carboxylic acids is 1. The highest BCUT2D eigenvalue weighted by Crippen LogP contribution is 2.35. The van der Waals surface area contributed by atoms with Crippen molar-refractivity contribution in [2.45, 2.75) is 13.5 Å². The number of phenolic OH excluding ortho intramolecular Hbond substituents is 1. The molecule has 1 aliphatic heterocycles. The number of nitrogens with zero attached hydrogens (tertiary/aromatic N) is 3. The lowest BCUT2D eigenvalue weighted by Gasteiger charge is -2.27. The van der Waals surface area contributed by atoms with E-state index in [4.69, 9.17) is 14.6 Å². The summed E-state index contributed by atoms with van der Waals surface area (Å²) < 4.78 is 5.30. The monoisotopic (exact) mass is 349 g/mol. The molecule has 1 fully saturated rings. The number of hydrogen-bond donors (Lipinski definition) is 2. The van der Waals surface area contributed by atoms with Crippen LogP contribution in [0.4, 0.5) is 5.69 Å². The molecule has 9 heteroatoms. The molecule has 25 heavy (non-hydrogen) atoms. The van der Waals surface area contributed by atoms with Crippen LogP contribution in [-0.4, -0.2) is 57.3 Å². The van der Waals surface area contributed by atoms with Gasteiger partial charge in [0.05, 0.1) is 18.1 Å². The molecule has 1 aromatic carbocycles. The number of carbonyl (C=O) groups is 1. The molecule has 2 heterocycles. The summed E-state index contributed by atoms with van der Waals surface area (Å²) in [5, 5.41) is 29.3. The minimum Gasteiger partial charge on any atom is -0.501 e. The Morgan fingerprint density at radius 2 is 2.08 bits per heavy atom. The van der Waals surface area contributed by atoms with Gasteiger partial charge in [-0.2, -0.15) is 0 Å². The molecule has 0 bridgehead atoms. The molecule has 0 spiro atoms. The molecule has 1 aromatic heterocycles.